The number of nitrogens with zero attached hydrogens (tertiary/aromatic N) is 1. The predicted molar refractivity (Wildman–Crippen MR) is 180 cm³/mol. The average molecular weight is 763 g/mol. The van der Waals surface area contributed by atoms with E-state index in [2.05, 4.69) is 5.32 Å². The molecule has 0 aliphatic rings. The van der Waals surface area contributed by atoms with Gasteiger partial charge in [0.15, 0.2) is 11.6 Å². The van der Waals surface area contributed by atoms with Crippen LogP contribution in [0.2, 0.25) is 0 Å². The fourth-order valence-electron chi connectivity index (χ4n) is 4.97. The largest absolute Gasteiger partial charge is 0.514 e. The van der Waals surface area contributed by atoms with Gasteiger partial charge in [0.2, 0.25) is 11.2 Å². The molecule has 0 atom stereocenters. The number of benzene rings is 3. The predicted octanol–water partition coefficient (Wildman–Crippen LogP) is 7.25. The number of carbonyl (C=O) groups is 5. The molecule has 17 heteroatoms. The van der Waals surface area contributed by atoms with E-state index in [-0.39, 0.29) is 34.8 Å². The molecule has 0 unspecified atom stereocenters. The van der Waals surface area contributed by atoms with Gasteiger partial charge in [-0.3, -0.25) is 19.2 Å². The number of ether oxygens (including phenoxy) is 4. The third kappa shape index (κ3) is 8.63. The van der Waals surface area contributed by atoms with Crippen LogP contribution in [0.4, 0.5) is 32.4 Å². The number of nitrogens with one attached hydrogen (secondary N) is 1. The molecule has 11 nitrogen and oxygen atoms in total. The molecule has 3 aromatic carbocycles. The number of hydrogen-bond donors (Lipinski definition) is 1. The normalized spacial score (nSPS) is 11.3. The molecule has 280 valence electrons. The summed E-state index contributed by atoms with van der Waals surface area (Å²) in [6.07, 6.45) is -6.39. The first kappa shape index (κ1) is 39.9. The maximum Gasteiger partial charge on any atom is 0.514 e. The van der Waals surface area contributed by atoms with E-state index >= 15 is 8.78 Å². The Balaban J connectivity index is 1.67. The van der Waals surface area contributed by atoms with Crippen LogP contribution in [0.1, 0.15) is 45.0 Å². The summed E-state index contributed by atoms with van der Waals surface area (Å²) in [5, 5.41) is 3.79. The molecule has 0 aliphatic carbocycles. The molecule has 1 N–H and O–H groups in total. The lowest BCUT2D eigenvalue weighted by Crippen LogP contribution is -2.50. The van der Waals surface area contributed by atoms with Crippen LogP contribution in [0.3, 0.4) is 0 Å². The molecule has 4 aromatic rings. The van der Waals surface area contributed by atoms with Crippen LogP contribution < -0.4 is 10.1 Å². The zero-order valence-electron chi connectivity index (χ0n) is 28.5. The fraction of sp³-hybridized carbons (Fsp3) is 0.250. The standard InChI is InChI=1S/C36H31F5N2O9S/c1-5-49-32(46)35(33(47)50-6-2,26-12-9-17-53-26)19-51-34(48)52-29-24(37)18-25(27(28(29)38)31(45)43(3)4)42-30(44)23-11-8-7-10-22(23)20-13-15-21(16-14-20)36(39,40)41/h7-18H,5-6,19H2,1-4H3,(H,42,44). The van der Waals surface area contributed by atoms with E-state index in [1.807, 2.05) is 0 Å². The lowest BCUT2D eigenvalue weighted by Gasteiger charge is -2.27. The van der Waals surface area contributed by atoms with Crippen molar-refractivity contribution in [1.29, 1.82) is 0 Å². The summed E-state index contributed by atoms with van der Waals surface area (Å²) in [6, 6.07) is 13.0. The topological polar surface area (TPSA) is 138 Å². The van der Waals surface area contributed by atoms with Crippen LogP contribution in [0, 0.1) is 11.6 Å². The van der Waals surface area contributed by atoms with Gasteiger partial charge < -0.3 is 29.2 Å². The van der Waals surface area contributed by atoms with Gasteiger partial charge in [0.05, 0.1) is 24.5 Å². The third-order valence-electron chi connectivity index (χ3n) is 7.52. The molecule has 1 heterocycles. The number of alkyl halides is 3. The smallest absolute Gasteiger partial charge is 0.465 e. The second kappa shape index (κ2) is 16.7. The van der Waals surface area contributed by atoms with Crippen LogP contribution in [-0.4, -0.2) is 68.7 Å². The zero-order valence-corrected chi connectivity index (χ0v) is 29.3. The molecule has 0 saturated carbocycles. The Morgan fingerprint density at radius 1 is 0.830 bits per heavy atom. The highest BCUT2D eigenvalue weighted by Gasteiger charge is 2.53. The maximum atomic E-state index is 16.0. The number of amides is 2. The van der Waals surface area contributed by atoms with E-state index in [9.17, 15) is 37.1 Å². The van der Waals surface area contributed by atoms with Crippen molar-refractivity contribution in [3.63, 3.8) is 0 Å². The summed E-state index contributed by atoms with van der Waals surface area (Å²) in [4.78, 5) is 66.8. The van der Waals surface area contributed by atoms with E-state index < -0.39 is 82.3 Å². The Labute approximate surface area is 303 Å². The Hall–Kier alpha value is -5.84. The van der Waals surface area contributed by atoms with Crippen LogP contribution in [-0.2, 0) is 35.4 Å². The van der Waals surface area contributed by atoms with Crippen molar-refractivity contribution in [2.75, 3.05) is 39.2 Å². The van der Waals surface area contributed by atoms with Crippen molar-refractivity contribution in [1.82, 2.24) is 4.90 Å². The summed E-state index contributed by atoms with van der Waals surface area (Å²) in [5.74, 6) is -9.10. The highest BCUT2D eigenvalue weighted by molar-refractivity contribution is 7.10. The molecular weight excluding hydrogens is 731 g/mol. The van der Waals surface area contributed by atoms with Crippen molar-refractivity contribution in [2.24, 2.45) is 0 Å². The number of thiophene rings is 1. The van der Waals surface area contributed by atoms with Gasteiger partial charge in [-0.15, -0.1) is 11.3 Å². The Morgan fingerprint density at radius 2 is 1.45 bits per heavy atom. The first-order chi connectivity index (χ1) is 25.1. The molecule has 0 aliphatic heterocycles. The van der Waals surface area contributed by atoms with Gasteiger partial charge in [-0.2, -0.15) is 13.2 Å². The Morgan fingerprint density at radius 3 is 2.00 bits per heavy atom. The molecule has 1 aromatic heterocycles. The summed E-state index contributed by atoms with van der Waals surface area (Å²) in [5.41, 5.74) is -4.63. The van der Waals surface area contributed by atoms with Gasteiger partial charge in [-0.05, 0) is 54.6 Å². The first-order valence-corrected chi connectivity index (χ1v) is 16.5. The molecule has 0 saturated heterocycles. The van der Waals surface area contributed by atoms with Crippen LogP contribution >= 0.6 is 11.3 Å². The lowest BCUT2D eigenvalue weighted by molar-refractivity contribution is -0.167. The van der Waals surface area contributed by atoms with Crippen LogP contribution in [0.25, 0.3) is 11.1 Å². The van der Waals surface area contributed by atoms with Crippen molar-refractivity contribution in [2.45, 2.75) is 25.4 Å². The van der Waals surface area contributed by atoms with Crippen LogP contribution in [0.15, 0.2) is 72.1 Å². The highest BCUT2D eigenvalue weighted by Crippen LogP contribution is 2.36. The molecule has 0 radical (unpaired) electrons. The third-order valence-corrected chi connectivity index (χ3v) is 8.55. The summed E-state index contributed by atoms with van der Waals surface area (Å²) >= 11 is 0.941. The van der Waals surface area contributed by atoms with E-state index in [1.165, 1.54) is 69.7 Å². The van der Waals surface area contributed by atoms with Gasteiger partial charge in [0.25, 0.3) is 11.8 Å². The SMILES string of the molecule is CCOC(=O)C(COC(=O)Oc1c(F)cc(NC(=O)c2ccccc2-c2ccc(C(F)(F)F)cc2)c(C(=O)N(C)C)c1F)(C(=O)OCC)c1cccs1. The van der Waals surface area contributed by atoms with Crippen molar-refractivity contribution >= 4 is 46.9 Å². The zero-order chi connectivity index (χ0) is 39.1. The quantitative estimate of drug-likeness (QED) is 0.0521. The van der Waals surface area contributed by atoms with Gasteiger partial charge in [-0.1, -0.05) is 36.4 Å². The van der Waals surface area contributed by atoms with E-state index in [0.29, 0.717) is 6.07 Å². The van der Waals surface area contributed by atoms with E-state index in [0.717, 1.165) is 40.5 Å². The van der Waals surface area contributed by atoms with Crippen LogP contribution in [0.5, 0.6) is 5.75 Å². The minimum absolute atomic E-state index is 0.0680. The second-order valence-electron chi connectivity index (χ2n) is 11.2. The molecular formula is C36H31F5N2O9S. The van der Waals surface area contributed by atoms with Gasteiger partial charge in [-0.25, -0.2) is 13.6 Å². The number of rotatable bonds is 12. The average Bonchev–Trinajstić information content (AvgIpc) is 3.65. The molecule has 0 spiro atoms. The maximum absolute atomic E-state index is 16.0. The minimum atomic E-state index is -4.61. The van der Waals surface area contributed by atoms with Crippen molar-refractivity contribution < 1.29 is 64.9 Å². The summed E-state index contributed by atoms with van der Waals surface area (Å²) < 4.78 is 90.9. The Kier molecular flexibility index (Phi) is 12.6. The first-order valence-electron chi connectivity index (χ1n) is 15.6. The molecule has 0 bridgehead atoms. The fourth-order valence-corrected chi connectivity index (χ4v) is 5.86. The van der Waals surface area contributed by atoms with Crippen molar-refractivity contribution in [3.05, 3.63) is 105 Å². The lowest BCUT2D eigenvalue weighted by atomic mass is 9.87. The number of hydrogen-bond acceptors (Lipinski definition) is 10. The molecule has 0 fully saturated rings. The van der Waals surface area contributed by atoms with Gasteiger partial charge in [0, 0.05) is 30.6 Å². The van der Waals surface area contributed by atoms with E-state index in [4.69, 9.17) is 18.9 Å². The number of carbonyl (C=O) groups excluding carboxylic acids is 5. The van der Waals surface area contributed by atoms with Crippen molar-refractivity contribution in [3.8, 4) is 16.9 Å². The minimum Gasteiger partial charge on any atom is -0.465 e. The second-order valence-corrected chi connectivity index (χ2v) is 12.1. The number of halogens is 5. The molecule has 4 rings (SSSR count). The Bertz CT molecular complexity index is 1980. The van der Waals surface area contributed by atoms with Gasteiger partial charge >= 0.3 is 24.3 Å². The number of esters is 2. The molecule has 2 amide bonds. The number of anilines is 1. The van der Waals surface area contributed by atoms with Gasteiger partial charge in [0.1, 0.15) is 12.2 Å². The summed E-state index contributed by atoms with van der Waals surface area (Å²) in [6.45, 7) is 1.54. The molecule has 53 heavy (non-hydrogen) atoms. The highest BCUT2D eigenvalue weighted by atomic mass is 32.1. The van der Waals surface area contributed by atoms with E-state index in [1.54, 1.807) is 0 Å². The summed E-state index contributed by atoms with van der Waals surface area (Å²) in [7, 11) is 2.45. The monoisotopic (exact) mass is 762 g/mol.